The third kappa shape index (κ3) is 3.10. The van der Waals surface area contributed by atoms with Gasteiger partial charge in [0.1, 0.15) is 16.4 Å². The number of benzene rings is 1. The minimum atomic E-state index is 0.164. The minimum absolute atomic E-state index is 0.164. The Morgan fingerprint density at radius 3 is 2.79 bits per heavy atom. The van der Waals surface area contributed by atoms with Gasteiger partial charge in [-0.05, 0) is 18.2 Å². The smallest absolute Gasteiger partial charge is 0.159 e. The summed E-state index contributed by atoms with van der Waals surface area (Å²) in [6.07, 6.45) is 3.07. The maximum Gasteiger partial charge on any atom is 0.159 e. The summed E-state index contributed by atoms with van der Waals surface area (Å²) in [4.78, 5) is 8.41. The molecule has 3 N–H and O–H groups in total. The molecule has 2 aromatic rings. The fourth-order valence-corrected chi connectivity index (χ4v) is 1.84. The number of rotatable bonds is 4. The van der Waals surface area contributed by atoms with E-state index in [0.717, 1.165) is 0 Å². The predicted molar refractivity (Wildman–Crippen MR) is 79.2 cm³/mol. The zero-order chi connectivity index (χ0) is 13.8. The van der Waals surface area contributed by atoms with Crippen molar-refractivity contribution in [2.24, 2.45) is 5.73 Å². The number of nitrogens with zero attached hydrogens (tertiary/aromatic N) is 2. The van der Waals surface area contributed by atoms with Crippen LogP contribution in [0.25, 0.3) is 0 Å². The molecule has 5 nitrogen and oxygen atoms in total. The number of hydrogen-bond acceptors (Lipinski definition) is 5. The van der Waals surface area contributed by atoms with Crippen molar-refractivity contribution in [3.63, 3.8) is 0 Å². The van der Waals surface area contributed by atoms with Crippen molar-refractivity contribution in [2.45, 2.75) is 0 Å². The second-order valence-corrected chi connectivity index (χ2v) is 4.46. The molecule has 0 bridgehead atoms. The maximum atomic E-state index is 5.96. The van der Waals surface area contributed by atoms with Gasteiger partial charge in [-0.3, -0.25) is 0 Å². The molecule has 0 spiro atoms. The van der Waals surface area contributed by atoms with E-state index in [9.17, 15) is 0 Å². The maximum absolute atomic E-state index is 5.96. The van der Waals surface area contributed by atoms with E-state index < -0.39 is 0 Å². The number of ether oxygens (including phenoxy) is 1. The van der Waals surface area contributed by atoms with Crippen LogP contribution in [0.4, 0.5) is 11.5 Å². The zero-order valence-electron chi connectivity index (χ0n) is 10.1. The van der Waals surface area contributed by atoms with Crippen LogP contribution in [-0.4, -0.2) is 22.1 Å². The van der Waals surface area contributed by atoms with E-state index in [4.69, 9.17) is 34.3 Å². The lowest BCUT2D eigenvalue weighted by Gasteiger charge is -2.12. The highest BCUT2D eigenvalue weighted by molar-refractivity contribution is 7.80. The van der Waals surface area contributed by atoms with Gasteiger partial charge in [-0.1, -0.05) is 23.8 Å². The van der Waals surface area contributed by atoms with E-state index in [2.05, 4.69) is 15.3 Å². The Bertz CT molecular complexity index is 620. The molecular formula is C12H11ClN4OS. The van der Waals surface area contributed by atoms with Crippen molar-refractivity contribution in [3.05, 3.63) is 41.3 Å². The van der Waals surface area contributed by atoms with Crippen molar-refractivity contribution >= 4 is 40.3 Å². The number of nitrogens with two attached hydrogens (primary N) is 1. The van der Waals surface area contributed by atoms with Gasteiger partial charge in [0.2, 0.25) is 0 Å². The summed E-state index contributed by atoms with van der Waals surface area (Å²) in [6.45, 7) is 0. The molecule has 0 fully saturated rings. The van der Waals surface area contributed by atoms with Gasteiger partial charge < -0.3 is 15.8 Å². The Morgan fingerprint density at radius 2 is 2.11 bits per heavy atom. The van der Waals surface area contributed by atoms with Gasteiger partial charge in [0.05, 0.1) is 12.8 Å². The van der Waals surface area contributed by atoms with Crippen molar-refractivity contribution in [1.29, 1.82) is 0 Å². The third-order valence-corrected chi connectivity index (χ3v) is 2.77. The summed E-state index contributed by atoms with van der Waals surface area (Å²) < 4.78 is 5.24. The molecule has 0 unspecified atom stereocenters. The molecule has 98 valence electrons. The standard InChI is InChI=1S/C12H11ClN4OS/c1-18-9-3-2-7(13)6-8(9)17-12-10(11(14)19)15-4-5-16-12/h2-6H,1H3,(H2,14,19)(H,16,17). The Hall–Kier alpha value is -1.92. The van der Waals surface area contributed by atoms with Crippen molar-refractivity contribution < 1.29 is 4.74 Å². The van der Waals surface area contributed by atoms with E-state index in [1.807, 2.05) is 0 Å². The van der Waals surface area contributed by atoms with Crippen LogP contribution in [0.3, 0.4) is 0 Å². The fraction of sp³-hybridized carbons (Fsp3) is 0.0833. The molecule has 19 heavy (non-hydrogen) atoms. The SMILES string of the molecule is COc1ccc(Cl)cc1Nc1nccnc1C(N)=S. The molecule has 7 heteroatoms. The van der Waals surface area contributed by atoms with Crippen LogP contribution in [0.2, 0.25) is 5.02 Å². The monoisotopic (exact) mass is 294 g/mol. The van der Waals surface area contributed by atoms with E-state index in [-0.39, 0.29) is 4.99 Å². The molecule has 0 radical (unpaired) electrons. The number of thiocarbonyl (C=S) groups is 1. The Morgan fingerprint density at radius 1 is 1.37 bits per heavy atom. The second kappa shape index (κ2) is 5.81. The molecule has 0 amide bonds. The summed E-state index contributed by atoms with van der Waals surface area (Å²) >= 11 is 10.9. The van der Waals surface area contributed by atoms with Crippen molar-refractivity contribution in [1.82, 2.24) is 9.97 Å². The molecule has 0 saturated carbocycles. The summed E-state index contributed by atoms with van der Waals surface area (Å²) in [7, 11) is 1.57. The highest BCUT2D eigenvalue weighted by Crippen LogP contribution is 2.30. The number of hydrogen-bond donors (Lipinski definition) is 2. The summed E-state index contributed by atoms with van der Waals surface area (Å²) in [5.41, 5.74) is 6.68. The van der Waals surface area contributed by atoms with Gasteiger partial charge in [-0.2, -0.15) is 0 Å². The van der Waals surface area contributed by atoms with E-state index in [1.165, 1.54) is 6.20 Å². The van der Waals surface area contributed by atoms with Crippen LogP contribution in [0.5, 0.6) is 5.75 Å². The second-order valence-electron chi connectivity index (χ2n) is 3.59. The number of halogens is 1. The van der Waals surface area contributed by atoms with Crippen LogP contribution >= 0.6 is 23.8 Å². The lowest BCUT2D eigenvalue weighted by molar-refractivity contribution is 0.417. The first-order chi connectivity index (χ1) is 9.11. The average Bonchev–Trinajstić information content (AvgIpc) is 2.39. The average molecular weight is 295 g/mol. The largest absolute Gasteiger partial charge is 0.495 e. The van der Waals surface area contributed by atoms with E-state index >= 15 is 0 Å². The molecule has 0 aliphatic rings. The van der Waals surface area contributed by atoms with Gasteiger partial charge in [0, 0.05) is 17.4 Å². The quantitative estimate of drug-likeness (QED) is 0.844. The molecule has 2 rings (SSSR count). The molecule has 0 saturated heterocycles. The summed E-state index contributed by atoms with van der Waals surface area (Å²) in [6, 6.07) is 5.20. The lowest BCUT2D eigenvalue weighted by atomic mass is 10.3. The van der Waals surface area contributed by atoms with Gasteiger partial charge in [0.25, 0.3) is 0 Å². The van der Waals surface area contributed by atoms with Crippen LogP contribution in [0.15, 0.2) is 30.6 Å². The third-order valence-electron chi connectivity index (χ3n) is 2.35. The van der Waals surface area contributed by atoms with Gasteiger partial charge in [-0.25, -0.2) is 9.97 Å². The summed E-state index contributed by atoms with van der Waals surface area (Å²) in [5.74, 6) is 1.08. The van der Waals surface area contributed by atoms with Gasteiger partial charge >= 0.3 is 0 Å². The molecule has 1 aromatic carbocycles. The lowest BCUT2D eigenvalue weighted by Crippen LogP contribution is -2.15. The zero-order valence-corrected chi connectivity index (χ0v) is 11.6. The van der Waals surface area contributed by atoms with Crippen molar-refractivity contribution in [2.75, 3.05) is 12.4 Å². The summed E-state index contributed by atoms with van der Waals surface area (Å²) in [5, 5.41) is 3.64. The Kier molecular flexibility index (Phi) is 4.13. The van der Waals surface area contributed by atoms with Crippen molar-refractivity contribution in [3.8, 4) is 5.75 Å². The van der Waals surface area contributed by atoms with Crippen LogP contribution in [0, 0.1) is 0 Å². The van der Waals surface area contributed by atoms with E-state index in [1.54, 1.807) is 31.5 Å². The first-order valence-electron chi connectivity index (χ1n) is 5.33. The number of nitrogens with one attached hydrogen (secondary N) is 1. The van der Waals surface area contributed by atoms with Gasteiger partial charge in [0.15, 0.2) is 5.82 Å². The number of aromatic nitrogens is 2. The first kappa shape index (κ1) is 13.5. The molecule has 1 heterocycles. The predicted octanol–water partition coefficient (Wildman–Crippen LogP) is 2.52. The normalized spacial score (nSPS) is 10.0. The minimum Gasteiger partial charge on any atom is -0.495 e. The van der Waals surface area contributed by atoms with Crippen LogP contribution < -0.4 is 15.8 Å². The molecule has 0 atom stereocenters. The first-order valence-corrected chi connectivity index (χ1v) is 6.12. The Labute approximate surface area is 120 Å². The Balaban J connectivity index is 2.41. The topological polar surface area (TPSA) is 73.1 Å². The number of methoxy groups -OCH3 is 1. The van der Waals surface area contributed by atoms with Gasteiger partial charge in [-0.15, -0.1) is 0 Å². The van der Waals surface area contributed by atoms with E-state index in [0.29, 0.717) is 28.0 Å². The van der Waals surface area contributed by atoms with Crippen LogP contribution in [-0.2, 0) is 0 Å². The molecule has 0 aliphatic heterocycles. The highest BCUT2D eigenvalue weighted by atomic mass is 35.5. The molecular weight excluding hydrogens is 284 g/mol. The number of anilines is 2. The highest BCUT2D eigenvalue weighted by Gasteiger charge is 2.11. The van der Waals surface area contributed by atoms with Crippen LogP contribution in [0.1, 0.15) is 5.69 Å². The molecule has 1 aromatic heterocycles. The fourth-order valence-electron chi connectivity index (χ4n) is 1.52. The molecule has 0 aliphatic carbocycles.